The molecule has 0 saturated heterocycles. The van der Waals surface area contributed by atoms with E-state index in [2.05, 4.69) is 10.0 Å². The lowest BCUT2D eigenvalue weighted by Crippen LogP contribution is -2.48. The lowest BCUT2D eigenvalue weighted by molar-refractivity contribution is -0.139. The van der Waals surface area contributed by atoms with Crippen LogP contribution in [0.2, 0.25) is 0 Å². The minimum absolute atomic E-state index is 0.0670. The first-order chi connectivity index (χ1) is 15.3. The van der Waals surface area contributed by atoms with E-state index in [1.54, 1.807) is 24.3 Å². The Morgan fingerprint density at radius 3 is 2.38 bits per heavy atom. The fourth-order valence-electron chi connectivity index (χ4n) is 3.21. The number of nitrogens with one attached hydrogen (secondary N) is 2. The number of carbonyl (C=O) groups excluding carboxylic acids is 1. The highest BCUT2D eigenvalue weighted by molar-refractivity contribution is 7.89. The van der Waals surface area contributed by atoms with Gasteiger partial charge in [0.15, 0.2) is 0 Å². The molecule has 1 amide bonds. The van der Waals surface area contributed by atoms with E-state index >= 15 is 0 Å². The summed E-state index contributed by atoms with van der Waals surface area (Å²) >= 11 is 0. The third-order valence-electron chi connectivity index (χ3n) is 4.88. The lowest BCUT2D eigenvalue weighted by Gasteiger charge is -2.17. The van der Waals surface area contributed by atoms with Gasteiger partial charge in [0.1, 0.15) is 11.8 Å². The summed E-state index contributed by atoms with van der Waals surface area (Å²) in [6.07, 6.45) is -0.144. The average molecular weight is 457 g/mol. The second kappa shape index (κ2) is 10.3. The summed E-state index contributed by atoms with van der Waals surface area (Å²) in [5.41, 5.74) is 0.996. The van der Waals surface area contributed by atoms with Gasteiger partial charge in [-0.05, 0) is 47.0 Å². The van der Waals surface area contributed by atoms with E-state index in [0.717, 1.165) is 10.9 Å². The molecule has 0 saturated carbocycles. The van der Waals surface area contributed by atoms with Crippen molar-refractivity contribution in [1.82, 2.24) is 10.0 Å². The molecule has 0 aliphatic carbocycles. The smallest absolute Gasteiger partial charge is 0.305 e. The van der Waals surface area contributed by atoms with E-state index < -0.39 is 34.4 Å². The van der Waals surface area contributed by atoms with E-state index in [0.29, 0.717) is 17.6 Å². The molecule has 0 radical (unpaired) electrons. The first-order valence-electron chi connectivity index (χ1n) is 9.92. The number of aliphatic carboxylic acids is 1. The Bertz CT molecular complexity index is 1210. The molecule has 168 valence electrons. The molecule has 0 fully saturated rings. The molecule has 32 heavy (non-hydrogen) atoms. The molecule has 3 aromatic carbocycles. The summed E-state index contributed by atoms with van der Waals surface area (Å²) in [6.45, 7) is 0.249. The third-order valence-corrected chi connectivity index (χ3v) is 6.35. The number of rotatable bonds is 10. The molecule has 0 aliphatic heterocycles. The molecule has 0 aliphatic rings. The van der Waals surface area contributed by atoms with E-state index in [1.807, 2.05) is 30.3 Å². The normalized spacial score (nSPS) is 12.3. The van der Waals surface area contributed by atoms with Gasteiger partial charge in [0.2, 0.25) is 15.9 Å². The zero-order chi connectivity index (χ0) is 23.1. The molecule has 3 aromatic rings. The van der Waals surface area contributed by atoms with Crippen LogP contribution in [-0.2, 0) is 26.0 Å². The van der Waals surface area contributed by atoms with Gasteiger partial charge in [0, 0.05) is 6.54 Å². The van der Waals surface area contributed by atoms with Crippen molar-refractivity contribution in [3.05, 3.63) is 72.3 Å². The zero-order valence-corrected chi connectivity index (χ0v) is 18.3. The van der Waals surface area contributed by atoms with Crippen molar-refractivity contribution in [1.29, 1.82) is 0 Å². The Hall–Kier alpha value is -3.43. The molecular weight excluding hydrogens is 432 g/mol. The van der Waals surface area contributed by atoms with E-state index in [4.69, 9.17) is 9.84 Å². The lowest BCUT2D eigenvalue weighted by atomic mass is 10.1. The van der Waals surface area contributed by atoms with Crippen molar-refractivity contribution in [2.45, 2.75) is 23.8 Å². The van der Waals surface area contributed by atoms with Gasteiger partial charge >= 0.3 is 5.97 Å². The number of fused-ring (bicyclic) bond motifs is 1. The maximum Gasteiger partial charge on any atom is 0.305 e. The molecule has 0 heterocycles. The Kier molecular flexibility index (Phi) is 7.45. The van der Waals surface area contributed by atoms with Crippen molar-refractivity contribution in [2.24, 2.45) is 0 Å². The highest BCUT2D eigenvalue weighted by atomic mass is 32.2. The Labute approximate surface area is 186 Å². The SMILES string of the molecule is COc1ccc2cc(S(=O)(=O)N[C@@H](CC(=O)O)C(=O)NCCc3ccccc3)ccc2c1. The maximum absolute atomic E-state index is 12.9. The average Bonchev–Trinajstić information content (AvgIpc) is 2.78. The number of hydrogen-bond acceptors (Lipinski definition) is 5. The maximum atomic E-state index is 12.9. The van der Waals surface area contributed by atoms with E-state index in [-0.39, 0.29) is 11.4 Å². The van der Waals surface area contributed by atoms with Crippen molar-refractivity contribution < 1.29 is 27.9 Å². The third kappa shape index (κ3) is 6.05. The van der Waals surface area contributed by atoms with Crippen LogP contribution in [0.4, 0.5) is 0 Å². The van der Waals surface area contributed by atoms with Crippen LogP contribution < -0.4 is 14.8 Å². The molecule has 3 rings (SSSR count). The number of amides is 1. The topological polar surface area (TPSA) is 122 Å². The number of hydrogen-bond donors (Lipinski definition) is 3. The van der Waals surface area contributed by atoms with Crippen LogP contribution >= 0.6 is 0 Å². The zero-order valence-electron chi connectivity index (χ0n) is 17.4. The quantitative estimate of drug-likeness (QED) is 0.430. The first kappa shape index (κ1) is 23.2. The number of carbonyl (C=O) groups is 2. The molecule has 3 N–H and O–H groups in total. The number of benzene rings is 3. The molecule has 8 nitrogen and oxygen atoms in total. The van der Waals surface area contributed by atoms with Crippen LogP contribution in [-0.4, -0.2) is 45.1 Å². The summed E-state index contributed by atoms with van der Waals surface area (Å²) in [5, 5.41) is 13.2. The molecule has 0 spiro atoms. The first-order valence-corrected chi connectivity index (χ1v) is 11.4. The fourth-order valence-corrected chi connectivity index (χ4v) is 4.44. The van der Waals surface area contributed by atoms with Crippen LogP contribution in [0.1, 0.15) is 12.0 Å². The molecule has 9 heteroatoms. The van der Waals surface area contributed by atoms with Gasteiger partial charge in [-0.15, -0.1) is 0 Å². The second-order valence-corrected chi connectivity index (χ2v) is 8.89. The summed E-state index contributed by atoms with van der Waals surface area (Å²) in [4.78, 5) is 23.7. The summed E-state index contributed by atoms with van der Waals surface area (Å²) in [5.74, 6) is -1.35. The van der Waals surface area contributed by atoms with Crippen LogP contribution in [0.5, 0.6) is 5.75 Å². The molecule has 0 bridgehead atoms. The van der Waals surface area contributed by atoms with Gasteiger partial charge < -0.3 is 15.2 Å². The number of ether oxygens (including phenoxy) is 1. The molecule has 0 unspecified atom stereocenters. The Morgan fingerprint density at radius 1 is 1.00 bits per heavy atom. The summed E-state index contributed by atoms with van der Waals surface area (Å²) < 4.78 is 33.2. The molecular formula is C23H24N2O6S. The van der Waals surface area contributed by atoms with Crippen LogP contribution in [0.3, 0.4) is 0 Å². The predicted molar refractivity (Wildman–Crippen MR) is 120 cm³/mol. The van der Waals surface area contributed by atoms with Crippen LogP contribution in [0.15, 0.2) is 71.6 Å². The van der Waals surface area contributed by atoms with Crippen LogP contribution in [0.25, 0.3) is 10.8 Å². The van der Waals surface area contributed by atoms with Gasteiger partial charge in [0.25, 0.3) is 0 Å². The Morgan fingerprint density at radius 2 is 1.69 bits per heavy atom. The highest BCUT2D eigenvalue weighted by Crippen LogP contribution is 2.23. The van der Waals surface area contributed by atoms with Crippen molar-refractivity contribution >= 4 is 32.7 Å². The van der Waals surface area contributed by atoms with Gasteiger partial charge in [0.05, 0.1) is 18.4 Å². The van der Waals surface area contributed by atoms with Crippen molar-refractivity contribution in [3.8, 4) is 5.75 Å². The minimum atomic E-state index is -4.14. The van der Waals surface area contributed by atoms with E-state index in [1.165, 1.54) is 19.2 Å². The highest BCUT2D eigenvalue weighted by Gasteiger charge is 2.28. The van der Waals surface area contributed by atoms with Gasteiger partial charge in [-0.3, -0.25) is 9.59 Å². The number of carboxylic acid groups (broad SMARTS) is 1. The number of carboxylic acids is 1. The van der Waals surface area contributed by atoms with Gasteiger partial charge in [-0.25, -0.2) is 8.42 Å². The summed E-state index contributed by atoms with van der Waals surface area (Å²) in [6, 6.07) is 17.7. The monoisotopic (exact) mass is 456 g/mol. The minimum Gasteiger partial charge on any atom is -0.497 e. The standard InChI is InChI=1S/C23H24N2O6S/c1-31-19-9-7-18-14-20(10-8-17(18)13-19)32(29,30)25-21(15-22(26)27)23(28)24-12-11-16-5-3-2-4-6-16/h2-10,13-14,21,25H,11-12,15H2,1H3,(H,24,28)(H,26,27)/t21-/m0/s1. The van der Waals surface area contributed by atoms with E-state index in [9.17, 15) is 18.0 Å². The predicted octanol–water partition coefficient (Wildman–Crippen LogP) is 2.33. The van der Waals surface area contributed by atoms with Gasteiger partial charge in [-0.2, -0.15) is 4.72 Å². The number of methoxy groups -OCH3 is 1. The fraction of sp³-hybridized carbons (Fsp3) is 0.217. The molecule has 1 atom stereocenters. The summed E-state index contributed by atoms with van der Waals surface area (Å²) in [7, 11) is -2.60. The largest absolute Gasteiger partial charge is 0.497 e. The van der Waals surface area contributed by atoms with Gasteiger partial charge in [-0.1, -0.05) is 42.5 Å². The van der Waals surface area contributed by atoms with Crippen molar-refractivity contribution in [2.75, 3.05) is 13.7 Å². The van der Waals surface area contributed by atoms with Crippen LogP contribution in [0, 0.1) is 0 Å². The van der Waals surface area contributed by atoms with Crippen molar-refractivity contribution in [3.63, 3.8) is 0 Å². The molecule has 0 aromatic heterocycles. The second-order valence-electron chi connectivity index (χ2n) is 7.17. The number of sulfonamides is 1. The Balaban J connectivity index is 1.73.